The van der Waals surface area contributed by atoms with Crippen molar-refractivity contribution in [2.75, 3.05) is 39.6 Å². The van der Waals surface area contributed by atoms with Crippen molar-refractivity contribution in [3.05, 3.63) is 0 Å². The molecule has 0 aromatic heterocycles. The number of aliphatic hydroxyl groups excluding tert-OH is 1. The van der Waals surface area contributed by atoms with Gasteiger partial charge in [-0.15, -0.1) is 0 Å². The molecule has 17 nitrogen and oxygen atoms in total. The summed E-state index contributed by atoms with van der Waals surface area (Å²) in [5.41, 5.74) is 0. The maximum Gasteiger partial charge on any atom is 0.472 e. The zero-order valence-corrected chi connectivity index (χ0v) is 69.0. The summed E-state index contributed by atoms with van der Waals surface area (Å²) in [5, 5.41) is 10.7. The van der Waals surface area contributed by atoms with Crippen LogP contribution in [0.3, 0.4) is 0 Å². The Balaban J connectivity index is 5.25. The first-order valence-electron chi connectivity index (χ1n) is 42.8. The van der Waals surface area contributed by atoms with Crippen LogP contribution in [0.15, 0.2) is 0 Å². The third-order valence-corrected chi connectivity index (χ3v) is 21.9. The van der Waals surface area contributed by atoms with Gasteiger partial charge >= 0.3 is 39.5 Å². The molecule has 0 aromatic carbocycles. The number of phosphoric ester groups is 2. The Kier molecular flexibility index (Phi) is 70.6. The number of ether oxygens (including phenoxy) is 4. The number of hydrogen-bond donors (Lipinski definition) is 3. The Bertz CT molecular complexity index is 1990. The summed E-state index contributed by atoms with van der Waals surface area (Å²) in [4.78, 5) is 73.1. The molecule has 0 aromatic rings. The second-order valence-corrected chi connectivity index (χ2v) is 34.2. The zero-order chi connectivity index (χ0) is 75.3. The maximum absolute atomic E-state index is 13.1. The Morgan fingerprint density at radius 3 is 0.696 bits per heavy atom. The summed E-state index contributed by atoms with van der Waals surface area (Å²) in [5.74, 6) is 1.06. The van der Waals surface area contributed by atoms with E-state index >= 15 is 0 Å². The summed E-state index contributed by atoms with van der Waals surface area (Å²) < 4.78 is 68.8. The van der Waals surface area contributed by atoms with Crippen molar-refractivity contribution in [2.45, 2.75) is 446 Å². The SMILES string of the molecule is CCC(C)CCCCCCCCCCCCCCCCC(=O)O[C@H](COC(=O)CCCCCCCCCCCCCCCC(C)C)COP(=O)(O)OC[C@@H](O)COP(=O)(O)OC[C@@H](COC(=O)CCCCCCCCC(C)CC)OC(=O)CCCCCCCCCCCCCCCCCC(C)C. The van der Waals surface area contributed by atoms with Gasteiger partial charge in [-0.3, -0.25) is 37.3 Å². The normalized spacial score (nSPS) is 14.5. The highest BCUT2D eigenvalue weighted by atomic mass is 31.2. The van der Waals surface area contributed by atoms with Crippen molar-refractivity contribution < 1.29 is 80.2 Å². The van der Waals surface area contributed by atoms with Crippen LogP contribution >= 0.6 is 15.6 Å². The lowest BCUT2D eigenvalue weighted by Gasteiger charge is -2.21. The van der Waals surface area contributed by atoms with Crippen molar-refractivity contribution in [2.24, 2.45) is 23.7 Å². The number of carbonyl (C=O) groups is 4. The highest BCUT2D eigenvalue weighted by molar-refractivity contribution is 7.47. The first-order valence-corrected chi connectivity index (χ1v) is 45.8. The van der Waals surface area contributed by atoms with E-state index < -0.39 is 97.5 Å². The Morgan fingerprint density at radius 2 is 0.471 bits per heavy atom. The van der Waals surface area contributed by atoms with E-state index in [1.165, 1.54) is 225 Å². The van der Waals surface area contributed by atoms with Gasteiger partial charge < -0.3 is 33.8 Å². The van der Waals surface area contributed by atoms with Crippen molar-refractivity contribution in [3.8, 4) is 0 Å². The van der Waals surface area contributed by atoms with Crippen LogP contribution in [0.2, 0.25) is 0 Å². The van der Waals surface area contributed by atoms with Gasteiger partial charge in [-0.2, -0.15) is 0 Å². The summed E-state index contributed by atoms with van der Waals surface area (Å²) in [6, 6.07) is 0. The molecule has 606 valence electrons. The molecule has 102 heavy (non-hydrogen) atoms. The average molecular weight is 1490 g/mol. The third-order valence-electron chi connectivity index (χ3n) is 20.0. The molecule has 0 saturated carbocycles. The van der Waals surface area contributed by atoms with Crippen LogP contribution in [-0.4, -0.2) is 96.7 Å². The van der Waals surface area contributed by atoms with Crippen LogP contribution in [-0.2, 0) is 65.4 Å². The third kappa shape index (κ3) is 73.6. The fourth-order valence-electron chi connectivity index (χ4n) is 12.7. The topological polar surface area (TPSA) is 237 Å². The molecule has 0 radical (unpaired) electrons. The van der Waals surface area contributed by atoms with Gasteiger partial charge in [-0.1, -0.05) is 376 Å². The number of phosphoric acid groups is 2. The van der Waals surface area contributed by atoms with Crippen molar-refractivity contribution in [1.29, 1.82) is 0 Å². The van der Waals surface area contributed by atoms with Gasteiger partial charge in [0.15, 0.2) is 12.2 Å². The Hall–Kier alpha value is -1.94. The van der Waals surface area contributed by atoms with E-state index in [0.29, 0.717) is 25.7 Å². The number of esters is 4. The predicted molar refractivity (Wildman–Crippen MR) is 418 cm³/mol. The highest BCUT2D eigenvalue weighted by Crippen LogP contribution is 2.45. The first kappa shape index (κ1) is 100. The van der Waals surface area contributed by atoms with Crippen molar-refractivity contribution >= 4 is 39.5 Å². The lowest BCUT2D eigenvalue weighted by atomic mass is 9.99. The molecule has 0 spiro atoms. The van der Waals surface area contributed by atoms with E-state index in [-0.39, 0.29) is 25.7 Å². The van der Waals surface area contributed by atoms with Crippen LogP contribution in [0.1, 0.15) is 428 Å². The Morgan fingerprint density at radius 1 is 0.275 bits per heavy atom. The summed E-state index contributed by atoms with van der Waals surface area (Å²) in [7, 11) is -9.93. The monoisotopic (exact) mass is 1490 g/mol. The summed E-state index contributed by atoms with van der Waals surface area (Å²) in [6.45, 7) is 14.3. The van der Waals surface area contributed by atoms with Gasteiger partial charge in [0.05, 0.1) is 26.4 Å². The van der Waals surface area contributed by atoms with E-state index in [2.05, 4.69) is 55.4 Å². The summed E-state index contributed by atoms with van der Waals surface area (Å²) >= 11 is 0. The molecule has 19 heteroatoms. The largest absolute Gasteiger partial charge is 0.472 e. The van der Waals surface area contributed by atoms with Gasteiger partial charge in [0, 0.05) is 25.7 Å². The van der Waals surface area contributed by atoms with E-state index in [1.807, 2.05) is 0 Å². The Labute approximate surface area is 626 Å². The maximum atomic E-state index is 13.1. The van der Waals surface area contributed by atoms with E-state index in [4.69, 9.17) is 37.0 Å². The molecule has 0 amide bonds. The molecule has 7 atom stereocenters. The molecular formula is C83H162O17P2. The molecule has 0 saturated heterocycles. The van der Waals surface area contributed by atoms with Crippen LogP contribution < -0.4 is 0 Å². The molecule has 0 bridgehead atoms. The second-order valence-electron chi connectivity index (χ2n) is 31.3. The van der Waals surface area contributed by atoms with E-state index in [9.17, 15) is 43.2 Å². The van der Waals surface area contributed by atoms with Crippen LogP contribution in [0.25, 0.3) is 0 Å². The number of carbonyl (C=O) groups excluding carboxylic acids is 4. The number of unbranched alkanes of at least 4 members (excludes halogenated alkanes) is 44. The lowest BCUT2D eigenvalue weighted by Crippen LogP contribution is -2.30. The minimum atomic E-state index is -4.96. The molecule has 0 heterocycles. The molecule has 4 unspecified atom stereocenters. The highest BCUT2D eigenvalue weighted by Gasteiger charge is 2.30. The molecule has 0 aliphatic carbocycles. The van der Waals surface area contributed by atoms with Crippen molar-refractivity contribution in [3.63, 3.8) is 0 Å². The van der Waals surface area contributed by atoms with Gasteiger partial charge in [-0.25, -0.2) is 9.13 Å². The minimum Gasteiger partial charge on any atom is -0.462 e. The number of aliphatic hydroxyl groups is 1. The fourth-order valence-corrected chi connectivity index (χ4v) is 14.3. The lowest BCUT2D eigenvalue weighted by molar-refractivity contribution is -0.161. The quantitative estimate of drug-likeness (QED) is 0.0222. The van der Waals surface area contributed by atoms with E-state index in [0.717, 1.165) is 120 Å². The number of rotatable bonds is 80. The van der Waals surface area contributed by atoms with Crippen molar-refractivity contribution in [1.82, 2.24) is 0 Å². The fraction of sp³-hybridized carbons (Fsp3) is 0.952. The molecule has 0 aliphatic heterocycles. The molecule has 0 rings (SSSR count). The zero-order valence-electron chi connectivity index (χ0n) is 67.2. The summed E-state index contributed by atoms with van der Waals surface area (Å²) in [6.07, 6.45) is 59.6. The standard InChI is InChI=1S/C83H162O17P2/c1-9-75(7)61-53-45-37-31-25-19-14-15-21-28-34-40-50-58-65-82(87)99-78(69-93-80(85)63-55-47-38-32-26-22-16-18-24-30-36-44-52-60-74(5)6)71-97-101(89,90)95-67-77(84)68-96-102(91,92)98-72-79(70-94-81(86)64-56-48-42-41-46-54-62-76(8)10-2)100-83(88)66-57-49-39-33-27-20-13-11-12-17-23-29-35-43-51-59-73(3)4/h73-79,84H,9-72H2,1-8H3,(H,89,90)(H,91,92)/t75?,76?,77-,78-,79-/m1/s1. The van der Waals surface area contributed by atoms with Gasteiger partial charge in [0.25, 0.3) is 0 Å². The predicted octanol–water partition coefficient (Wildman–Crippen LogP) is 24.8. The molecule has 0 aliphatic rings. The smallest absolute Gasteiger partial charge is 0.462 e. The van der Waals surface area contributed by atoms with Gasteiger partial charge in [0.1, 0.15) is 19.3 Å². The second kappa shape index (κ2) is 72.0. The van der Waals surface area contributed by atoms with Crippen LogP contribution in [0.5, 0.6) is 0 Å². The van der Waals surface area contributed by atoms with Crippen LogP contribution in [0, 0.1) is 23.7 Å². The van der Waals surface area contributed by atoms with E-state index in [1.54, 1.807) is 0 Å². The van der Waals surface area contributed by atoms with Crippen LogP contribution in [0.4, 0.5) is 0 Å². The minimum absolute atomic E-state index is 0.107. The first-order chi connectivity index (χ1) is 49.2. The molecule has 3 N–H and O–H groups in total. The number of hydrogen-bond acceptors (Lipinski definition) is 15. The van der Waals surface area contributed by atoms with Gasteiger partial charge in [0.2, 0.25) is 0 Å². The average Bonchev–Trinajstić information content (AvgIpc) is 0.905. The molecular weight excluding hydrogens is 1330 g/mol. The van der Waals surface area contributed by atoms with Gasteiger partial charge in [-0.05, 0) is 49.4 Å². The molecule has 0 fully saturated rings.